The molecule has 4 heteroatoms. The molecule has 1 saturated heterocycles. The molecule has 1 atom stereocenters. The quantitative estimate of drug-likeness (QED) is 0.853. The van der Waals surface area contributed by atoms with Crippen molar-refractivity contribution in [2.45, 2.75) is 13.3 Å². The highest BCUT2D eigenvalue weighted by Crippen LogP contribution is 2.21. The number of carbonyl (C=O) groups is 1. The van der Waals surface area contributed by atoms with Crippen LogP contribution in [-0.4, -0.2) is 49.4 Å². The second kappa shape index (κ2) is 6.06. The molecule has 0 spiro atoms. The Bertz CT molecular complexity index is 475. The van der Waals surface area contributed by atoms with Crippen molar-refractivity contribution in [3.8, 4) is 0 Å². The zero-order chi connectivity index (χ0) is 14.0. The number of nitrogens with zero attached hydrogens (tertiary/aromatic N) is 2. The Balaban J connectivity index is 2.04. The maximum Gasteiger partial charge on any atom is 0.253 e. The Hall–Kier alpha value is -0.870. The van der Waals surface area contributed by atoms with Crippen molar-refractivity contribution in [2.75, 3.05) is 33.7 Å². The topological polar surface area (TPSA) is 23.6 Å². The minimum Gasteiger partial charge on any atom is -0.341 e. The van der Waals surface area contributed by atoms with Gasteiger partial charge in [0.25, 0.3) is 5.91 Å². The largest absolute Gasteiger partial charge is 0.341 e. The molecule has 19 heavy (non-hydrogen) atoms. The van der Waals surface area contributed by atoms with Gasteiger partial charge < -0.3 is 9.80 Å². The molecule has 1 unspecified atom stereocenters. The highest BCUT2D eigenvalue weighted by Gasteiger charge is 2.23. The Morgan fingerprint density at radius 3 is 2.89 bits per heavy atom. The summed E-state index contributed by atoms with van der Waals surface area (Å²) in [5, 5.41) is 0. The van der Waals surface area contributed by atoms with E-state index in [1.807, 2.05) is 37.1 Å². The molecule has 0 radical (unpaired) electrons. The Morgan fingerprint density at radius 1 is 1.53 bits per heavy atom. The van der Waals surface area contributed by atoms with Gasteiger partial charge in [-0.2, -0.15) is 0 Å². The number of likely N-dealkylation sites (tertiary alicyclic amines) is 1. The van der Waals surface area contributed by atoms with Crippen molar-refractivity contribution < 1.29 is 4.79 Å². The molecule has 1 aromatic rings. The fourth-order valence-corrected chi connectivity index (χ4v) is 3.06. The second-order valence-corrected chi connectivity index (χ2v) is 6.37. The van der Waals surface area contributed by atoms with E-state index in [4.69, 9.17) is 0 Å². The molecule has 1 heterocycles. The first kappa shape index (κ1) is 14.5. The van der Waals surface area contributed by atoms with Gasteiger partial charge in [0.15, 0.2) is 0 Å². The van der Waals surface area contributed by atoms with Crippen molar-refractivity contribution in [1.82, 2.24) is 9.80 Å². The van der Waals surface area contributed by atoms with E-state index in [1.54, 1.807) is 0 Å². The van der Waals surface area contributed by atoms with E-state index in [2.05, 4.69) is 27.9 Å². The monoisotopic (exact) mass is 324 g/mol. The zero-order valence-corrected chi connectivity index (χ0v) is 13.4. The van der Waals surface area contributed by atoms with Crippen LogP contribution in [0.3, 0.4) is 0 Å². The van der Waals surface area contributed by atoms with Crippen LogP contribution in [0.5, 0.6) is 0 Å². The SMILES string of the molecule is Cc1c(Br)cccc1C(=O)N(C)CC1CCN(C)C1. The first-order valence-electron chi connectivity index (χ1n) is 6.68. The number of carbonyl (C=O) groups excluding carboxylic acids is 1. The summed E-state index contributed by atoms with van der Waals surface area (Å²) in [6, 6.07) is 5.79. The van der Waals surface area contributed by atoms with Gasteiger partial charge in [0.1, 0.15) is 0 Å². The molecule has 0 N–H and O–H groups in total. The normalized spacial score (nSPS) is 19.7. The Kier molecular flexibility index (Phi) is 4.63. The summed E-state index contributed by atoms with van der Waals surface area (Å²) in [6.07, 6.45) is 1.19. The molecule has 0 saturated carbocycles. The molecule has 1 aliphatic heterocycles. The fraction of sp³-hybridized carbons (Fsp3) is 0.533. The third-order valence-electron chi connectivity index (χ3n) is 3.87. The molecule has 0 aromatic heterocycles. The summed E-state index contributed by atoms with van der Waals surface area (Å²) < 4.78 is 0.993. The molecule has 1 fully saturated rings. The minimum absolute atomic E-state index is 0.119. The predicted molar refractivity (Wildman–Crippen MR) is 81.4 cm³/mol. The summed E-state index contributed by atoms with van der Waals surface area (Å²) in [5.41, 5.74) is 1.81. The molecule has 1 aromatic carbocycles. The van der Waals surface area contributed by atoms with Gasteiger partial charge in [0.2, 0.25) is 0 Å². The molecular formula is C15H21BrN2O. The molecule has 1 aliphatic rings. The van der Waals surface area contributed by atoms with Crippen LogP contribution in [0.4, 0.5) is 0 Å². The lowest BCUT2D eigenvalue weighted by atomic mass is 10.1. The molecule has 0 bridgehead atoms. The van der Waals surface area contributed by atoms with Crippen LogP contribution in [0.25, 0.3) is 0 Å². The number of amides is 1. The number of benzene rings is 1. The van der Waals surface area contributed by atoms with Crippen molar-refractivity contribution >= 4 is 21.8 Å². The van der Waals surface area contributed by atoms with Crippen LogP contribution < -0.4 is 0 Å². The van der Waals surface area contributed by atoms with Gasteiger partial charge in [-0.3, -0.25) is 4.79 Å². The maximum atomic E-state index is 12.5. The summed E-state index contributed by atoms with van der Waals surface area (Å²) in [6.45, 7) is 5.06. The van der Waals surface area contributed by atoms with E-state index in [1.165, 1.54) is 6.42 Å². The van der Waals surface area contributed by atoms with Gasteiger partial charge in [0.05, 0.1) is 0 Å². The number of halogens is 1. The highest BCUT2D eigenvalue weighted by molar-refractivity contribution is 9.10. The fourth-order valence-electron chi connectivity index (χ4n) is 2.69. The standard InChI is InChI=1S/C15H21BrN2O/c1-11-13(5-4-6-14(11)16)15(19)18(3)10-12-7-8-17(2)9-12/h4-6,12H,7-10H2,1-3H3. The number of hydrogen-bond donors (Lipinski definition) is 0. The smallest absolute Gasteiger partial charge is 0.253 e. The van der Waals surface area contributed by atoms with Gasteiger partial charge in [-0.1, -0.05) is 22.0 Å². The van der Waals surface area contributed by atoms with Crippen molar-refractivity contribution in [1.29, 1.82) is 0 Å². The van der Waals surface area contributed by atoms with E-state index in [0.717, 1.165) is 35.2 Å². The summed E-state index contributed by atoms with van der Waals surface area (Å²) in [4.78, 5) is 16.7. The summed E-state index contributed by atoms with van der Waals surface area (Å²) in [7, 11) is 4.04. The lowest BCUT2D eigenvalue weighted by molar-refractivity contribution is 0.0773. The molecule has 1 amide bonds. The van der Waals surface area contributed by atoms with Gasteiger partial charge in [-0.05, 0) is 50.6 Å². The first-order chi connectivity index (χ1) is 8.99. The average molecular weight is 325 g/mol. The lowest BCUT2D eigenvalue weighted by Crippen LogP contribution is -2.33. The van der Waals surface area contributed by atoms with Crippen molar-refractivity contribution in [3.63, 3.8) is 0 Å². The van der Waals surface area contributed by atoms with Crippen molar-refractivity contribution in [2.24, 2.45) is 5.92 Å². The van der Waals surface area contributed by atoms with Crippen LogP contribution in [0, 0.1) is 12.8 Å². The highest BCUT2D eigenvalue weighted by atomic mass is 79.9. The van der Waals surface area contributed by atoms with Crippen LogP contribution in [0.1, 0.15) is 22.3 Å². The minimum atomic E-state index is 0.119. The van der Waals surface area contributed by atoms with Gasteiger partial charge in [0, 0.05) is 30.2 Å². The summed E-state index contributed by atoms with van der Waals surface area (Å²) >= 11 is 3.48. The molecule has 104 valence electrons. The second-order valence-electron chi connectivity index (χ2n) is 5.52. The Labute approximate surface area is 123 Å². The van der Waals surface area contributed by atoms with Gasteiger partial charge >= 0.3 is 0 Å². The predicted octanol–water partition coefficient (Wildman–Crippen LogP) is 2.78. The van der Waals surface area contributed by atoms with Crippen molar-refractivity contribution in [3.05, 3.63) is 33.8 Å². The lowest BCUT2D eigenvalue weighted by Gasteiger charge is -2.22. The van der Waals surface area contributed by atoms with E-state index in [0.29, 0.717) is 5.92 Å². The third-order valence-corrected chi connectivity index (χ3v) is 4.72. The van der Waals surface area contributed by atoms with E-state index in [9.17, 15) is 4.79 Å². The molecule has 3 nitrogen and oxygen atoms in total. The van der Waals surface area contributed by atoms with E-state index >= 15 is 0 Å². The van der Waals surface area contributed by atoms with Gasteiger partial charge in [-0.25, -0.2) is 0 Å². The van der Waals surface area contributed by atoms with E-state index < -0.39 is 0 Å². The first-order valence-corrected chi connectivity index (χ1v) is 7.47. The van der Waals surface area contributed by atoms with Crippen LogP contribution in [0.2, 0.25) is 0 Å². The summed E-state index contributed by atoms with van der Waals surface area (Å²) in [5.74, 6) is 0.722. The molecule has 0 aliphatic carbocycles. The van der Waals surface area contributed by atoms with Crippen LogP contribution >= 0.6 is 15.9 Å². The number of rotatable bonds is 3. The Morgan fingerprint density at radius 2 is 2.26 bits per heavy atom. The average Bonchev–Trinajstić information content (AvgIpc) is 2.77. The maximum absolute atomic E-state index is 12.5. The van der Waals surface area contributed by atoms with Gasteiger partial charge in [-0.15, -0.1) is 0 Å². The molecule has 2 rings (SSSR count). The number of hydrogen-bond acceptors (Lipinski definition) is 2. The van der Waals surface area contributed by atoms with Crippen LogP contribution in [0.15, 0.2) is 22.7 Å². The third kappa shape index (κ3) is 3.37. The zero-order valence-electron chi connectivity index (χ0n) is 11.8. The molecular weight excluding hydrogens is 304 g/mol. The van der Waals surface area contributed by atoms with E-state index in [-0.39, 0.29) is 5.91 Å². The van der Waals surface area contributed by atoms with Crippen LogP contribution in [-0.2, 0) is 0 Å².